The van der Waals surface area contributed by atoms with Gasteiger partial charge in [0.15, 0.2) is 5.60 Å². The summed E-state index contributed by atoms with van der Waals surface area (Å²) in [5, 5.41) is 12.7. The Bertz CT molecular complexity index is 1450. The van der Waals surface area contributed by atoms with Crippen LogP contribution < -0.4 is 10.7 Å². The van der Waals surface area contributed by atoms with Gasteiger partial charge in [-0.1, -0.05) is 38.2 Å². The molecule has 2 aliphatic heterocycles. The molecule has 1 aromatic carbocycles. The molecule has 1 N–H and O–H groups in total. The quantitative estimate of drug-likeness (QED) is 0.338. The molecule has 0 aliphatic carbocycles. The minimum Gasteiger partial charge on any atom is -0.458 e. The molecule has 0 amide bonds. The molecule has 4 heterocycles. The van der Waals surface area contributed by atoms with Crippen molar-refractivity contribution >= 4 is 30.1 Å². The van der Waals surface area contributed by atoms with Gasteiger partial charge in [-0.15, -0.1) is 0 Å². The molecule has 0 unspecified atom stereocenters. The normalized spacial score (nSPS) is 19.3. The van der Waals surface area contributed by atoms with Gasteiger partial charge in [-0.3, -0.25) is 4.79 Å². The number of carbonyl (C=O) groups excluding carboxylic acids is 1. The van der Waals surface area contributed by atoms with Crippen molar-refractivity contribution in [3.63, 3.8) is 0 Å². The summed E-state index contributed by atoms with van der Waals surface area (Å²) in [6, 6.07) is 9.17. The largest absolute Gasteiger partial charge is 0.458 e. The first kappa shape index (κ1) is 23.7. The lowest BCUT2D eigenvalue weighted by atomic mass is 9.86. The molecule has 0 bridgehead atoms. The zero-order valence-electron chi connectivity index (χ0n) is 19.6. The number of cyclic esters (lactones) is 1. The van der Waals surface area contributed by atoms with Gasteiger partial charge >= 0.3 is 12.1 Å². The third-order valence-electron chi connectivity index (χ3n) is 7.30. The first-order chi connectivity index (χ1) is 16.4. The third kappa shape index (κ3) is 3.70. The predicted molar refractivity (Wildman–Crippen MR) is 127 cm³/mol. The number of carbonyl (C=O) groups is 1. The van der Waals surface area contributed by atoms with E-state index in [4.69, 9.17) is 9.72 Å². The van der Waals surface area contributed by atoms with E-state index >= 15 is 0 Å². The topological polar surface area (TPSA) is 81.4 Å². The zero-order valence-corrected chi connectivity index (χ0v) is 20.6. The van der Waals surface area contributed by atoms with Crippen molar-refractivity contribution in [1.82, 2.24) is 9.55 Å². The number of esters is 1. The Hall–Kier alpha value is -2.98. The molecule has 35 heavy (non-hydrogen) atoms. The van der Waals surface area contributed by atoms with Crippen LogP contribution in [0, 0.1) is 0 Å². The molecule has 0 radical (unpaired) electrons. The van der Waals surface area contributed by atoms with E-state index in [1.807, 2.05) is 37.4 Å². The lowest BCUT2D eigenvalue weighted by molar-refractivity contribution is -0.172. The summed E-state index contributed by atoms with van der Waals surface area (Å²) in [5.41, 5.74) is 0.676. The van der Waals surface area contributed by atoms with E-state index in [9.17, 15) is 27.9 Å². The fourth-order valence-corrected chi connectivity index (χ4v) is 7.71. The summed E-state index contributed by atoms with van der Waals surface area (Å²) in [5.74, 6) is -0.791. The third-order valence-corrected chi connectivity index (χ3v) is 10.7. The molecule has 184 valence electrons. The minimum atomic E-state index is -4.22. The van der Waals surface area contributed by atoms with Crippen LogP contribution in [0.4, 0.5) is 13.2 Å². The van der Waals surface area contributed by atoms with Crippen LogP contribution in [0.3, 0.4) is 0 Å². The fraction of sp³-hybridized carbons (Fsp3) is 0.400. The molecule has 10 heteroatoms. The first-order valence-electron chi connectivity index (χ1n) is 11.5. The lowest BCUT2D eigenvalue weighted by Crippen LogP contribution is -2.44. The molecule has 0 saturated heterocycles. The van der Waals surface area contributed by atoms with Gasteiger partial charge in [0, 0.05) is 22.9 Å². The summed E-state index contributed by atoms with van der Waals surface area (Å²) in [7, 11) is -2.50. The SMILES string of the molecule is CC[C@@]1(O)C(=O)OCc2c1cc1n(c2=O)Cc2cc3cccc([Si](C)(C)CCC(F)(F)F)c3nc2-1. The first-order valence-corrected chi connectivity index (χ1v) is 14.7. The molecule has 3 aromatic rings. The van der Waals surface area contributed by atoms with Crippen LogP contribution >= 0.6 is 0 Å². The van der Waals surface area contributed by atoms with E-state index in [0.717, 1.165) is 16.1 Å². The number of hydrogen-bond acceptors (Lipinski definition) is 5. The fourth-order valence-electron chi connectivity index (χ4n) is 5.14. The van der Waals surface area contributed by atoms with Crippen LogP contribution in [-0.2, 0) is 28.3 Å². The average molecular weight is 503 g/mol. The van der Waals surface area contributed by atoms with E-state index in [2.05, 4.69) is 0 Å². The van der Waals surface area contributed by atoms with Crippen LogP contribution in [-0.4, -0.2) is 34.9 Å². The highest BCUT2D eigenvalue weighted by Gasteiger charge is 2.45. The predicted octanol–water partition coefficient (Wildman–Crippen LogP) is 3.95. The van der Waals surface area contributed by atoms with Crippen molar-refractivity contribution < 1.29 is 27.8 Å². The molecule has 2 aliphatic rings. The molecule has 0 fully saturated rings. The number of pyridine rings is 2. The number of benzene rings is 1. The van der Waals surface area contributed by atoms with Gasteiger partial charge in [-0.25, -0.2) is 9.78 Å². The Kier molecular flexibility index (Phi) is 5.26. The van der Waals surface area contributed by atoms with Crippen LogP contribution in [0.5, 0.6) is 0 Å². The number of aromatic nitrogens is 2. The Morgan fingerprint density at radius 2 is 1.97 bits per heavy atom. The molecule has 1 atom stereocenters. The van der Waals surface area contributed by atoms with Crippen LogP contribution in [0.2, 0.25) is 19.1 Å². The Balaban J connectivity index is 1.69. The van der Waals surface area contributed by atoms with Crippen molar-refractivity contribution in [3.05, 3.63) is 57.4 Å². The lowest BCUT2D eigenvalue weighted by Gasteiger charge is -2.31. The number of para-hydroxylation sites is 1. The zero-order chi connectivity index (χ0) is 25.3. The molecule has 0 saturated carbocycles. The number of aliphatic hydroxyl groups is 1. The molecular weight excluding hydrogens is 477 g/mol. The van der Waals surface area contributed by atoms with E-state index in [0.29, 0.717) is 16.9 Å². The summed E-state index contributed by atoms with van der Waals surface area (Å²) < 4.78 is 45.6. The second-order valence-corrected chi connectivity index (χ2v) is 14.8. The van der Waals surface area contributed by atoms with Crippen molar-refractivity contribution in [1.29, 1.82) is 0 Å². The van der Waals surface area contributed by atoms with E-state index < -0.39 is 32.2 Å². The number of alkyl halides is 3. The molecular formula is C25H25F3N2O4Si. The van der Waals surface area contributed by atoms with E-state index in [1.54, 1.807) is 17.6 Å². The summed E-state index contributed by atoms with van der Waals surface area (Å²) in [4.78, 5) is 30.6. The van der Waals surface area contributed by atoms with Crippen LogP contribution in [0.1, 0.15) is 36.5 Å². The molecule has 5 rings (SSSR count). The smallest absolute Gasteiger partial charge is 0.388 e. The number of rotatable bonds is 4. The van der Waals surface area contributed by atoms with Crippen molar-refractivity contribution in [3.8, 4) is 11.4 Å². The van der Waals surface area contributed by atoms with Gasteiger partial charge in [0.2, 0.25) is 0 Å². The van der Waals surface area contributed by atoms with Crippen LogP contribution in [0.15, 0.2) is 35.1 Å². The monoisotopic (exact) mass is 502 g/mol. The van der Waals surface area contributed by atoms with Gasteiger partial charge in [0.1, 0.15) is 6.61 Å². The summed E-state index contributed by atoms with van der Waals surface area (Å²) in [6.45, 7) is 5.52. The standard InChI is InChI=1S/C25H25F3N2O4Si/c1-4-24(33)17-11-18-20-15(12-30(18)22(31)16(17)13-34-23(24)32)10-14-6-5-7-19(21(14)29-20)35(2,3)9-8-25(26,27)28/h5-7,10-11,33H,4,8-9,12-13H2,1-3H3/t24-/m0/s1. The van der Waals surface area contributed by atoms with Crippen LogP contribution in [0.25, 0.3) is 22.3 Å². The van der Waals surface area contributed by atoms with Crippen molar-refractivity contribution in [2.75, 3.05) is 0 Å². The van der Waals surface area contributed by atoms with Crippen molar-refractivity contribution in [2.45, 2.75) is 63.8 Å². The van der Waals surface area contributed by atoms with Gasteiger partial charge in [-0.05, 0) is 29.8 Å². The Labute approximate surface area is 200 Å². The summed E-state index contributed by atoms with van der Waals surface area (Å²) in [6.07, 6.45) is -5.02. The summed E-state index contributed by atoms with van der Waals surface area (Å²) >= 11 is 0. The average Bonchev–Trinajstić information content (AvgIpc) is 3.16. The number of ether oxygens (including phenoxy) is 1. The van der Waals surface area contributed by atoms with Gasteiger partial charge < -0.3 is 14.4 Å². The molecule has 2 aromatic heterocycles. The van der Waals surface area contributed by atoms with Crippen molar-refractivity contribution in [2.24, 2.45) is 0 Å². The van der Waals surface area contributed by atoms with E-state index in [1.165, 1.54) is 0 Å². The minimum absolute atomic E-state index is 0.0445. The van der Waals surface area contributed by atoms with Gasteiger partial charge in [0.25, 0.3) is 5.56 Å². The molecule has 0 spiro atoms. The number of nitrogens with zero attached hydrogens (tertiary/aromatic N) is 2. The second kappa shape index (κ2) is 7.76. The highest BCUT2D eigenvalue weighted by atomic mass is 28.3. The number of hydrogen-bond donors (Lipinski definition) is 1. The maximum Gasteiger partial charge on any atom is 0.388 e. The number of halogens is 3. The second-order valence-electron chi connectivity index (χ2n) is 9.98. The highest BCUT2D eigenvalue weighted by Crippen LogP contribution is 2.38. The molecule has 6 nitrogen and oxygen atoms in total. The number of fused-ring (bicyclic) bond motifs is 5. The Morgan fingerprint density at radius 1 is 1.23 bits per heavy atom. The maximum absolute atomic E-state index is 13.3. The van der Waals surface area contributed by atoms with Gasteiger partial charge in [-0.2, -0.15) is 13.2 Å². The maximum atomic E-state index is 13.3. The van der Waals surface area contributed by atoms with E-state index in [-0.39, 0.29) is 42.3 Å². The van der Waals surface area contributed by atoms with Gasteiger partial charge in [0.05, 0.1) is 37.1 Å². The Morgan fingerprint density at radius 3 is 2.66 bits per heavy atom. The highest BCUT2D eigenvalue weighted by molar-refractivity contribution is 6.91.